The molecule has 1 aromatic carbocycles. The predicted octanol–water partition coefficient (Wildman–Crippen LogP) is 2.40. The van der Waals surface area contributed by atoms with Gasteiger partial charge in [0.1, 0.15) is 17.8 Å². The van der Waals surface area contributed by atoms with Gasteiger partial charge in [0.05, 0.1) is 17.0 Å². The highest BCUT2D eigenvalue weighted by Gasteiger charge is 2.39. The molecule has 192 valence electrons. The van der Waals surface area contributed by atoms with E-state index in [0.29, 0.717) is 31.0 Å². The SMILES string of the molecule is CN1CCN(CC[C@H](NC(=O)C2(N)CCN(c3ncnc4[nH]ccc34)CC2)c2ccc(Cl)cc2)CC1. The van der Waals surface area contributed by atoms with Crippen LogP contribution in [0.3, 0.4) is 0 Å². The fourth-order valence-electron chi connectivity index (χ4n) is 5.16. The van der Waals surface area contributed by atoms with Crippen LogP contribution in [0.25, 0.3) is 11.0 Å². The molecule has 10 heteroatoms. The van der Waals surface area contributed by atoms with Crippen LogP contribution in [0, 0.1) is 0 Å². The highest BCUT2D eigenvalue weighted by molar-refractivity contribution is 6.30. The van der Waals surface area contributed by atoms with Gasteiger partial charge in [-0.25, -0.2) is 9.97 Å². The number of H-pyrrole nitrogens is 1. The molecule has 2 aromatic heterocycles. The number of piperazine rings is 1. The molecule has 0 unspecified atom stereocenters. The number of fused-ring (bicyclic) bond motifs is 1. The quantitative estimate of drug-likeness (QED) is 0.448. The number of nitrogens with one attached hydrogen (secondary N) is 2. The highest BCUT2D eigenvalue weighted by atomic mass is 35.5. The lowest BCUT2D eigenvalue weighted by Gasteiger charge is -2.39. The lowest BCUT2D eigenvalue weighted by atomic mass is 9.87. The third kappa shape index (κ3) is 5.49. The second-order valence-electron chi connectivity index (χ2n) is 10.1. The maximum Gasteiger partial charge on any atom is 0.240 e. The van der Waals surface area contributed by atoms with Gasteiger partial charge >= 0.3 is 0 Å². The van der Waals surface area contributed by atoms with Gasteiger partial charge in [0, 0.05) is 57.0 Å². The van der Waals surface area contributed by atoms with Gasteiger partial charge in [-0.05, 0) is 50.1 Å². The van der Waals surface area contributed by atoms with Crippen LogP contribution in [-0.4, -0.2) is 89.1 Å². The van der Waals surface area contributed by atoms with Crippen LogP contribution in [0.5, 0.6) is 0 Å². The van der Waals surface area contributed by atoms with E-state index >= 15 is 0 Å². The van der Waals surface area contributed by atoms with E-state index in [1.54, 1.807) is 6.33 Å². The van der Waals surface area contributed by atoms with Crippen LogP contribution < -0.4 is 16.0 Å². The molecule has 1 amide bonds. The molecule has 0 saturated carbocycles. The summed E-state index contributed by atoms with van der Waals surface area (Å²) in [6, 6.07) is 9.63. The molecule has 0 aliphatic carbocycles. The fourth-order valence-corrected chi connectivity index (χ4v) is 5.28. The second kappa shape index (κ2) is 10.7. The summed E-state index contributed by atoms with van der Waals surface area (Å²) in [5, 5.41) is 4.97. The summed E-state index contributed by atoms with van der Waals surface area (Å²) in [6.07, 6.45) is 5.38. The summed E-state index contributed by atoms with van der Waals surface area (Å²) in [6.45, 7) is 6.48. The van der Waals surface area contributed by atoms with Crippen molar-refractivity contribution in [2.75, 3.05) is 57.8 Å². The lowest BCUT2D eigenvalue weighted by molar-refractivity contribution is -0.128. The van der Waals surface area contributed by atoms with Crippen molar-refractivity contribution in [3.63, 3.8) is 0 Å². The van der Waals surface area contributed by atoms with Gasteiger partial charge in [0.2, 0.25) is 5.91 Å². The molecule has 0 bridgehead atoms. The number of hydrogen-bond acceptors (Lipinski definition) is 7. The summed E-state index contributed by atoms with van der Waals surface area (Å²) in [7, 11) is 2.16. The number of nitrogens with zero attached hydrogens (tertiary/aromatic N) is 5. The Labute approximate surface area is 217 Å². The zero-order valence-electron chi connectivity index (χ0n) is 20.8. The van der Waals surface area contributed by atoms with Gasteiger partial charge in [-0.1, -0.05) is 23.7 Å². The predicted molar refractivity (Wildman–Crippen MR) is 143 cm³/mol. The number of piperidine rings is 1. The monoisotopic (exact) mass is 510 g/mol. The van der Waals surface area contributed by atoms with Gasteiger partial charge < -0.3 is 30.7 Å². The molecular weight excluding hydrogens is 476 g/mol. The first-order valence-corrected chi connectivity index (χ1v) is 13.1. The fraction of sp³-hybridized carbons (Fsp3) is 0.500. The number of nitrogens with two attached hydrogens (primary N) is 1. The molecule has 0 spiro atoms. The molecule has 2 fully saturated rings. The number of carbonyl (C=O) groups excluding carboxylic acids is 1. The van der Waals surface area contributed by atoms with Crippen LogP contribution >= 0.6 is 11.6 Å². The molecule has 2 aliphatic rings. The Hall–Kier alpha value is -2.72. The largest absolute Gasteiger partial charge is 0.356 e. The van der Waals surface area contributed by atoms with Gasteiger partial charge in [-0.3, -0.25) is 4.79 Å². The van der Waals surface area contributed by atoms with Gasteiger partial charge in [0.15, 0.2) is 0 Å². The normalized spacial score (nSPS) is 19.9. The number of aromatic amines is 1. The summed E-state index contributed by atoms with van der Waals surface area (Å²) in [4.78, 5) is 32.5. The van der Waals surface area contributed by atoms with Crippen LogP contribution in [-0.2, 0) is 4.79 Å². The Bertz CT molecular complexity index is 1170. The maximum absolute atomic E-state index is 13.5. The molecule has 2 saturated heterocycles. The molecule has 0 radical (unpaired) electrons. The Kier molecular flexibility index (Phi) is 7.43. The van der Waals surface area contributed by atoms with E-state index in [2.05, 4.69) is 42.0 Å². The van der Waals surface area contributed by atoms with Crippen LogP contribution in [0.2, 0.25) is 5.02 Å². The lowest BCUT2D eigenvalue weighted by Crippen LogP contribution is -2.60. The Morgan fingerprint density at radius 1 is 1.11 bits per heavy atom. The standard InChI is InChI=1S/C26H35ClN8O/c1-33-14-16-34(17-15-33)11-7-22(19-2-4-20(27)5-3-19)32-25(36)26(28)8-12-35(13-9-26)24-21-6-10-29-23(21)30-18-31-24/h2-6,10,18,22H,7-9,11-17,28H2,1H3,(H,32,36)(H,29,30,31)/t22-/m0/s1. The summed E-state index contributed by atoms with van der Waals surface area (Å²) in [5.74, 6) is 0.796. The van der Waals surface area contributed by atoms with Crippen molar-refractivity contribution >= 4 is 34.4 Å². The number of amides is 1. The Morgan fingerprint density at radius 3 is 2.56 bits per heavy atom. The minimum Gasteiger partial charge on any atom is -0.356 e. The molecule has 2 aliphatic heterocycles. The van der Waals surface area contributed by atoms with Gasteiger partial charge in [-0.2, -0.15) is 0 Å². The number of aromatic nitrogens is 3. The van der Waals surface area contributed by atoms with E-state index in [-0.39, 0.29) is 11.9 Å². The number of carbonyl (C=O) groups is 1. The van der Waals surface area contributed by atoms with Crippen LogP contribution in [0.15, 0.2) is 42.9 Å². The Balaban J connectivity index is 1.24. The van der Waals surface area contributed by atoms with Crippen molar-refractivity contribution in [1.29, 1.82) is 0 Å². The van der Waals surface area contributed by atoms with Gasteiger partial charge in [-0.15, -0.1) is 0 Å². The average Bonchev–Trinajstić information content (AvgIpc) is 3.38. The smallest absolute Gasteiger partial charge is 0.240 e. The molecule has 9 nitrogen and oxygen atoms in total. The third-order valence-electron chi connectivity index (χ3n) is 7.65. The Morgan fingerprint density at radius 2 is 1.83 bits per heavy atom. The average molecular weight is 511 g/mol. The van der Waals surface area contributed by atoms with E-state index in [9.17, 15) is 4.79 Å². The van der Waals surface area contributed by atoms with Crippen molar-refractivity contribution in [3.05, 3.63) is 53.4 Å². The number of likely N-dealkylation sites (N-methyl/N-ethyl adjacent to an activating group) is 1. The first-order valence-electron chi connectivity index (χ1n) is 12.7. The van der Waals surface area contributed by atoms with E-state index in [1.807, 2.05) is 36.5 Å². The number of anilines is 1. The summed E-state index contributed by atoms with van der Waals surface area (Å²) in [5.41, 5.74) is 7.68. The van der Waals surface area contributed by atoms with Crippen molar-refractivity contribution in [3.8, 4) is 0 Å². The highest BCUT2D eigenvalue weighted by Crippen LogP contribution is 2.29. The molecule has 36 heavy (non-hydrogen) atoms. The zero-order valence-corrected chi connectivity index (χ0v) is 21.5. The van der Waals surface area contributed by atoms with Gasteiger partial charge in [0.25, 0.3) is 0 Å². The van der Waals surface area contributed by atoms with Crippen molar-refractivity contribution in [2.24, 2.45) is 5.73 Å². The van der Waals surface area contributed by atoms with E-state index in [4.69, 9.17) is 17.3 Å². The number of benzene rings is 1. The second-order valence-corrected chi connectivity index (χ2v) is 10.5. The van der Waals surface area contributed by atoms with Crippen molar-refractivity contribution < 1.29 is 4.79 Å². The summed E-state index contributed by atoms with van der Waals surface area (Å²) >= 11 is 6.14. The van der Waals surface area contributed by atoms with E-state index in [0.717, 1.165) is 61.6 Å². The van der Waals surface area contributed by atoms with Crippen LogP contribution in [0.1, 0.15) is 30.9 Å². The summed E-state index contributed by atoms with van der Waals surface area (Å²) < 4.78 is 0. The number of hydrogen-bond donors (Lipinski definition) is 3. The molecular formula is C26H35ClN8O. The molecule has 4 N–H and O–H groups in total. The van der Waals surface area contributed by atoms with E-state index < -0.39 is 5.54 Å². The number of halogens is 1. The topological polar surface area (TPSA) is 106 Å². The van der Waals surface area contributed by atoms with Crippen molar-refractivity contribution in [1.82, 2.24) is 30.1 Å². The number of rotatable bonds is 7. The molecule has 5 rings (SSSR count). The molecule has 4 heterocycles. The van der Waals surface area contributed by atoms with E-state index in [1.165, 1.54) is 0 Å². The van der Waals surface area contributed by atoms with Crippen molar-refractivity contribution in [2.45, 2.75) is 30.8 Å². The minimum absolute atomic E-state index is 0.0880. The molecule has 3 aromatic rings. The first kappa shape index (κ1) is 25.0. The molecule has 1 atom stereocenters. The zero-order chi connectivity index (χ0) is 25.1. The minimum atomic E-state index is -0.917. The third-order valence-corrected chi connectivity index (χ3v) is 7.90. The maximum atomic E-state index is 13.5. The first-order chi connectivity index (χ1) is 17.4. The van der Waals surface area contributed by atoms with Crippen LogP contribution in [0.4, 0.5) is 5.82 Å².